The van der Waals surface area contributed by atoms with Gasteiger partial charge in [0.1, 0.15) is 4.90 Å². The first-order chi connectivity index (χ1) is 15.7. The van der Waals surface area contributed by atoms with E-state index in [1.54, 1.807) is 14.2 Å². The number of allylic oxidation sites excluding steroid dienone is 6. The molecular formula is C27H32NO2S2+. The van der Waals surface area contributed by atoms with Gasteiger partial charge in [0.15, 0.2) is 6.61 Å². The molecule has 1 unspecified atom stereocenters. The molecule has 0 bridgehead atoms. The van der Waals surface area contributed by atoms with Gasteiger partial charge in [-0.2, -0.15) is 0 Å². The smallest absolute Gasteiger partial charge is 0.270 e. The highest BCUT2D eigenvalue weighted by Crippen LogP contribution is 2.50. The number of nitrogens with zero attached hydrogens (tertiary/aromatic N) is 1. The highest BCUT2D eigenvalue weighted by atomic mass is 32.2. The average Bonchev–Trinajstić information content (AvgIpc) is 3.35. The number of thioether (sulfide) groups is 2. The predicted octanol–water partition coefficient (Wildman–Crippen LogP) is 7.81. The van der Waals surface area contributed by atoms with Crippen LogP contribution in [0.2, 0.25) is 0 Å². The van der Waals surface area contributed by atoms with Crippen LogP contribution in [0.25, 0.3) is 0 Å². The van der Waals surface area contributed by atoms with Gasteiger partial charge in [-0.25, -0.2) is 0 Å². The van der Waals surface area contributed by atoms with Gasteiger partial charge in [0.2, 0.25) is 0 Å². The van der Waals surface area contributed by atoms with Crippen molar-refractivity contribution < 1.29 is 9.10 Å². The van der Waals surface area contributed by atoms with Crippen molar-refractivity contribution >= 4 is 29.2 Å². The van der Waals surface area contributed by atoms with E-state index in [1.165, 1.54) is 26.3 Å². The number of anilines is 1. The van der Waals surface area contributed by atoms with Crippen molar-refractivity contribution in [3.63, 3.8) is 0 Å². The van der Waals surface area contributed by atoms with Crippen LogP contribution in [0.1, 0.15) is 13.8 Å². The van der Waals surface area contributed by atoms with Gasteiger partial charge < -0.3 is 14.0 Å². The topological polar surface area (TPSA) is 15.2 Å². The molecule has 2 aliphatic heterocycles. The molecule has 32 heavy (non-hydrogen) atoms. The van der Waals surface area contributed by atoms with Crippen molar-refractivity contribution in [2.75, 3.05) is 32.3 Å². The second-order valence-corrected chi connectivity index (χ2v) is 9.23. The van der Waals surface area contributed by atoms with E-state index >= 15 is 0 Å². The maximum atomic E-state index is 4.25. The molecule has 0 saturated carbocycles. The number of methoxy groups -OCH3 is 1. The number of ether oxygens (including phenoxy) is 1. The molecule has 2 aromatic carbocycles. The molecule has 0 aromatic heterocycles. The van der Waals surface area contributed by atoms with Crippen LogP contribution in [0.3, 0.4) is 0 Å². The second kappa shape index (κ2) is 12.6. The summed E-state index contributed by atoms with van der Waals surface area (Å²) >= 11 is 3.72. The Morgan fingerprint density at radius 2 is 1.56 bits per heavy atom. The first-order valence-electron chi connectivity index (χ1n) is 10.8. The van der Waals surface area contributed by atoms with E-state index in [0.29, 0.717) is 5.44 Å². The molecule has 5 heteroatoms. The Morgan fingerprint density at radius 1 is 0.906 bits per heavy atom. The largest absolute Gasteiger partial charge is 0.559 e. The van der Waals surface area contributed by atoms with E-state index in [9.17, 15) is 0 Å². The molecule has 2 aromatic rings. The lowest BCUT2D eigenvalue weighted by Crippen LogP contribution is -2.16. The van der Waals surface area contributed by atoms with Crippen LogP contribution in [-0.4, -0.2) is 32.8 Å². The summed E-state index contributed by atoms with van der Waals surface area (Å²) in [7, 11) is 3.25. The monoisotopic (exact) mass is 466 g/mol. The van der Waals surface area contributed by atoms with Gasteiger partial charge in [-0.3, -0.25) is 0 Å². The standard InChI is InChI=1S/C25H26NOS2.C2H6O/c1-3-26-20-14-10-12-16-22(20)28-24(26)18-8-6-5-7-9-19-25-27(4-2)21-15-11-13-17-23(21)29-25;1-3-2/h5-19,25H,3-4H2,1-2H3;1-2H3/q+1;/b7-5+,8-6+,19-9+,24-18+;. The van der Waals surface area contributed by atoms with Crippen LogP contribution in [-0.2, 0) is 9.10 Å². The third-order valence-corrected chi connectivity index (χ3v) is 7.21. The Bertz CT molecular complexity index is 997. The first-order valence-corrected chi connectivity index (χ1v) is 12.5. The van der Waals surface area contributed by atoms with E-state index in [2.05, 4.69) is 119 Å². The summed E-state index contributed by atoms with van der Waals surface area (Å²) in [6.45, 7) is 6.29. The summed E-state index contributed by atoms with van der Waals surface area (Å²) in [5.41, 5.74) is 1.60. The summed E-state index contributed by atoms with van der Waals surface area (Å²) in [5, 5.41) is 1.28. The second-order valence-electron chi connectivity index (χ2n) is 7.03. The van der Waals surface area contributed by atoms with Gasteiger partial charge in [-0.15, -0.1) is 0 Å². The zero-order valence-electron chi connectivity index (χ0n) is 19.2. The molecule has 2 aliphatic rings. The van der Waals surface area contributed by atoms with Gasteiger partial charge in [-0.05, 0) is 43.0 Å². The molecule has 0 N–H and O–H groups in total. The fraction of sp³-hybridized carbons (Fsp3) is 0.259. The van der Waals surface area contributed by atoms with Crippen LogP contribution >= 0.6 is 23.5 Å². The molecule has 168 valence electrons. The van der Waals surface area contributed by atoms with Crippen LogP contribution in [0.4, 0.5) is 5.69 Å². The van der Waals surface area contributed by atoms with Crippen molar-refractivity contribution in [2.45, 2.75) is 29.1 Å². The third kappa shape index (κ3) is 5.91. The van der Waals surface area contributed by atoms with E-state index in [1.807, 2.05) is 23.5 Å². The molecule has 2 heterocycles. The number of para-hydroxylation sites is 2. The SMILES string of the molecule is CCN1\C(=C/C=C/C=C/C=C/C2Sc3ccccc3[O+]2CC)Sc2ccccc21.COC. The molecular weight excluding hydrogens is 434 g/mol. The van der Waals surface area contributed by atoms with Crippen molar-refractivity contribution in [1.82, 2.24) is 0 Å². The van der Waals surface area contributed by atoms with Crippen molar-refractivity contribution in [2.24, 2.45) is 0 Å². The normalized spacial score (nSPS) is 18.6. The Morgan fingerprint density at radius 3 is 2.31 bits per heavy atom. The molecule has 0 spiro atoms. The molecule has 4 rings (SSSR count). The van der Waals surface area contributed by atoms with Crippen molar-refractivity contribution in [3.05, 3.63) is 96.1 Å². The quantitative estimate of drug-likeness (QED) is 0.318. The molecule has 0 radical (unpaired) electrons. The highest BCUT2D eigenvalue weighted by molar-refractivity contribution is 8.03. The fourth-order valence-corrected chi connectivity index (χ4v) is 5.88. The molecule has 0 saturated heterocycles. The number of benzene rings is 2. The van der Waals surface area contributed by atoms with E-state index in [0.717, 1.165) is 13.2 Å². The maximum absolute atomic E-state index is 4.25. The Kier molecular flexibility index (Phi) is 9.60. The number of hydrogen-bond donors (Lipinski definition) is 0. The van der Waals surface area contributed by atoms with Gasteiger partial charge in [0, 0.05) is 44.7 Å². The minimum atomic E-state index is 0.291. The van der Waals surface area contributed by atoms with Crippen LogP contribution in [0.5, 0.6) is 5.75 Å². The summed E-state index contributed by atoms with van der Waals surface area (Å²) in [5.74, 6) is 1.26. The van der Waals surface area contributed by atoms with Crippen LogP contribution in [0, 0.1) is 0 Å². The molecule has 1 atom stereocenters. The van der Waals surface area contributed by atoms with Gasteiger partial charge in [-0.1, -0.05) is 66.4 Å². The summed E-state index contributed by atoms with van der Waals surface area (Å²) in [6, 6.07) is 17.2. The summed E-state index contributed by atoms with van der Waals surface area (Å²) in [6.07, 6.45) is 15.0. The Balaban J connectivity index is 0.000000913. The minimum Gasteiger partial charge on any atom is -0.559 e. The predicted molar refractivity (Wildman–Crippen MR) is 141 cm³/mol. The van der Waals surface area contributed by atoms with Crippen molar-refractivity contribution in [3.8, 4) is 5.75 Å². The minimum absolute atomic E-state index is 0.291. The summed E-state index contributed by atoms with van der Waals surface area (Å²) in [4.78, 5) is 5.03. The Labute approximate surface area is 201 Å². The van der Waals surface area contributed by atoms with E-state index in [4.69, 9.17) is 0 Å². The first kappa shape index (κ1) is 24.3. The lowest BCUT2D eigenvalue weighted by Gasteiger charge is -2.22. The lowest BCUT2D eigenvalue weighted by atomic mass is 10.3. The number of fused-ring (bicyclic) bond motifs is 2. The van der Waals surface area contributed by atoms with Gasteiger partial charge in [0.25, 0.3) is 11.2 Å². The fourth-order valence-electron chi connectivity index (χ4n) is 3.51. The van der Waals surface area contributed by atoms with Crippen LogP contribution < -0.4 is 4.90 Å². The van der Waals surface area contributed by atoms with E-state index in [-0.39, 0.29) is 0 Å². The van der Waals surface area contributed by atoms with Gasteiger partial charge >= 0.3 is 0 Å². The lowest BCUT2D eigenvalue weighted by molar-refractivity contribution is -0.0407. The molecule has 0 aliphatic carbocycles. The molecule has 0 fully saturated rings. The van der Waals surface area contributed by atoms with Crippen LogP contribution in [0.15, 0.2) is 106 Å². The molecule has 3 nitrogen and oxygen atoms in total. The Hall–Kier alpha value is -2.34. The number of rotatable bonds is 6. The third-order valence-electron chi connectivity index (χ3n) is 4.87. The van der Waals surface area contributed by atoms with Crippen molar-refractivity contribution in [1.29, 1.82) is 0 Å². The highest BCUT2D eigenvalue weighted by Gasteiger charge is 2.33. The van der Waals surface area contributed by atoms with E-state index < -0.39 is 0 Å². The maximum Gasteiger partial charge on any atom is 0.270 e. The zero-order chi connectivity index (χ0) is 22.8. The number of hydrogen-bond acceptors (Lipinski definition) is 4. The average molecular weight is 467 g/mol. The summed E-state index contributed by atoms with van der Waals surface area (Å²) < 4.78 is 7.60. The molecule has 0 amide bonds. The van der Waals surface area contributed by atoms with Gasteiger partial charge in [0.05, 0.1) is 10.7 Å². The zero-order valence-corrected chi connectivity index (χ0v) is 20.9.